The third kappa shape index (κ3) is 6.79. The Hall–Kier alpha value is -2.06. The van der Waals surface area contributed by atoms with E-state index >= 15 is 0 Å². The fourth-order valence-corrected chi connectivity index (χ4v) is 6.19. The summed E-state index contributed by atoms with van der Waals surface area (Å²) in [7, 11) is 1.64. The van der Waals surface area contributed by atoms with Gasteiger partial charge >= 0.3 is 0 Å². The summed E-state index contributed by atoms with van der Waals surface area (Å²) in [5, 5.41) is 0. The van der Waals surface area contributed by atoms with Crippen LogP contribution in [0, 0.1) is 5.92 Å². The van der Waals surface area contributed by atoms with Crippen molar-refractivity contribution in [3.05, 3.63) is 28.7 Å². The van der Waals surface area contributed by atoms with Crippen LogP contribution in [0.2, 0.25) is 0 Å². The highest BCUT2D eigenvalue weighted by molar-refractivity contribution is 8.26. The Morgan fingerprint density at radius 3 is 2.60 bits per heavy atom. The first kappa shape index (κ1) is 26.0. The summed E-state index contributed by atoms with van der Waals surface area (Å²) in [5.41, 5.74) is 0.868. The second kappa shape index (κ2) is 12.3. The highest BCUT2D eigenvalue weighted by atomic mass is 32.2. The van der Waals surface area contributed by atoms with Gasteiger partial charge in [0.05, 0.1) is 18.1 Å². The Morgan fingerprint density at radius 1 is 1.14 bits per heavy atom. The van der Waals surface area contributed by atoms with E-state index in [0.717, 1.165) is 50.1 Å². The molecule has 1 saturated carbocycles. The zero-order valence-corrected chi connectivity index (χ0v) is 22.4. The molecule has 0 unspecified atom stereocenters. The maximum Gasteiger partial charge on any atom is 0.266 e. The summed E-state index contributed by atoms with van der Waals surface area (Å²) in [6.07, 6.45) is 11.2. The predicted molar refractivity (Wildman–Crippen MR) is 145 cm³/mol. The fourth-order valence-electron chi connectivity index (χ4n) is 4.88. The monoisotopic (exact) mass is 516 g/mol. The van der Waals surface area contributed by atoms with Crippen molar-refractivity contribution in [1.29, 1.82) is 0 Å². The van der Waals surface area contributed by atoms with Gasteiger partial charge in [0.25, 0.3) is 5.91 Å². The number of thioether (sulfide) groups is 1. The maximum atomic E-state index is 13.0. The van der Waals surface area contributed by atoms with Crippen molar-refractivity contribution in [2.75, 3.05) is 26.7 Å². The number of likely N-dealkylation sites (tertiary alicyclic amines) is 1. The van der Waals surface area contributed by atoms with Gasteiger partial charge in [0.1, 0.15) is 4.32 Å². The Labute approximate surface area is 218 Å². The standard InChI is InChI=1S/C27H36N2O4S2/c1-19-12-15-28(16-13-19)25(30)9-6-14-29-26(31)24(35-27(29)34)18-20-10-11-22(23(17-20)32-2)33-21-7-4-3-5-8-21/h10-11,17-19,21H,3-9,12-16H2,1-2H3/b24-18-. The van der Waals surface area contributed by atoms with Crippen molar-refractivity contribution >= 4 is 46.2 Å². The molecule has 1 aromatic carbocycles. The molecule has 0 radical (unpaired) electrons. The summed E-state index contributed by atoms with van der Waals surface area (Å²) in [6.45, 7) is 4.39. The second-order valence-corrected chi connectivity index (χ2v) is 11.5. The first-order chi connectivity index (χ1) is 16.9. The van der Waals surface area contributed by atoms with E-state index in [1.807, 2.05) is 29.2 Å². The Morgan fingerprint density at radius 2 is 1.89 bits per heavy atom. The SMILES string of the molecule is COc1cc(/C=C2\SC(=S)N(CCCC(=O)N3CCC(C)CC3)C2=O)ccc1OC1CCCCC1. The van der Waals surface area contributed by atoms with Crippen LogP contribution in [0.4, 0.5) is 0 Å². The van der Waals surface area contributed by atoms with Crippen LogP contribution in [0.25, 0.3) is 6.08 Å². The van der Waals surface area contributed by atoms with Crippen LogP contribution in [0.1, 0.15) is 70.3 Å². The molecule has 6 nitrogen and oxygen atoms in total. The van der Waals surface area contributed by atoms with E-state index in [1.54, 1.807) is 12.0 Å². The van der Waals surface area contributed by atoms with Gasteiger partial charge in [-0.25, -0.2) is 0 Å². The number of thiocarbonyl (C=S) groups is 1. The van der Waals surface area contributed by atoms with Gasteiger partial charge in [0.15, 0.2) is 11.5 Å². The molecule has 0 atom stereocenters. The van der Waals surface area contributed by atoms with Gasteiger partial charge in [-0.15, -0.1) is 0 Å². The van der Waals surface area contributed by atoms with E-state index in [-0.39, 0.29) is 17.9 Å². The van der Waals surface area contributed by atoms with Crippen molar-refractivity contribution in [3.8, 4) is 11.5 Å². The molecule has 4 rings (SSSR count). The average Bonchev–Trinajstić information content (AvgIpc) is 3.13. The molecular formula is C27H36N2O4S2. The van der Waals surface area contributed by atoms with E-state index in [4.69, 9.17) is 21.7 Å². The number of piperidine rings is 1. The first-order valence-corrected chi connectivity index (χ1v) is 14.0. The highest BCUT2D eigenvalue weighted by Gasteiger charge is 2.32. The number of benzene rings is 1. The number of carbonyl (C=O) groups is 2. The molecule has 2 heterocycles. The number of carbonyl (C=O) groups excluding carboxylic acids is 2. The predicted octanol–water partition coefficient (Wildman–Crippen LogP) is 5.65. The molecule has 2 amide bonds. The Bertz CT molecular complexity index is 966. The van der Waals surface area contributed by atoms with E-state index in [1.165, 1.54) is 31.0 Å². The van der Waals surface area contributed by atoms with Gasteiger partial charge in [-0.1, -0.05) is 43.4 Å². The molecule has 3 aliphatic rings. The topological polar surface area (TPSA) is 59.1 Å². The molecule has 0 aromatic heterocycles. The molecule has 35 heavy (non-hydrogen) atoms. The van der Waals surface area contributed by atoms with Crippen LogP contribution in [-0.4, -0.2) is 58.8 Å². The lowest BCUT2D eigenvalue weighted by molar-refractivity contribution is -0.133. The number of hydrogen-bond acceptors (Lipinski definition) is 6. The van der Waals surface area contributed by atoms with Crippen LogP contribution < -0.4 is 9.47 Å². The largest absolute Gasteiger partial charge is 0.493 e. The zero-order valence-electron chi connectivity index (χ0n) is 20.8. The molecule has 0 N–H and O–H groups in total. The highest BCUT2D eigenvalue weighted by Crippen LogP contribution is 2.36. The van der Waals surface area contributed by atoms with Crippen molar-refractivity contribution in [2.45, 2.75) is 70.8 Å². The van der Waals surface area contributed by atoms with Gasteiger partial charge < -0.3 is 14.4 Å². The summed E-state index contributed by atoms with van der Waals surface area (Å²) < 4.78 is 12.3. The number of amides is 2. The first-order valence-electron chi connectivity index (χ1n) is 12.8. The van der Waals surface area contributed by atoms with Gasteiger partial charge in [0, 0.05) is 26.1 Å². The molecular weight excluding hydrogens is 480 g/mol. The molecule has 0 spiro atoms. The number of hydrogen-bond donors (Lipinski definition) is 0. The maximum absolute atomic E-state index is 13.0. The summed E-state index contributed by atoms with van der Waals surface area (Å²) in [5.74, 6) is 2.20. The van der Waals surface area contributed by atoms with Crippen LogP contribution in [0.3, 0.4) is 0 Å². The van der Waals surface area contributed by atoms with Crippen LogP contribution in [-0.2, 0) is 9.59 Å². The number of rotatable bonds is 8. The lowest BCUT2D eigenvalue weighted by Gasteiger charge is -2.30. The molecule has 2 aliphatic heterocycles. The van der Waals surface area contributed by atoms with Crippen LogP contribution in [0.5, 0.6) is 11.5 Å². The molecule has 0 bridgehead atoms. The van der Waals surface area contributed by atoms with Gasteiger partial charge in [-0.3, -0.25) is 14.5 Å². The van der Waals surface area contributed by atoms with Gasteiger partial charge in [-0.05, 0) is 74.6 Å². The van der Waals surface area contributed by atoms with E-state index < -0.39 is 0 Å². The van der Waals surface area contributed by atoms with Crippen molar-refractivity contribution in [1.82, 2.24) is 9.80 Å². The quantitative estimate of drug-likeness (QED) is 0.329. The van der Waals surface area contributed by atoms with Crippen LogP contribution >= 0.6 is 24.0 Å². The lowest BCUT2D eigenvalue weighted by atomic mass is 9.98. The van der Waals surface area contributed by atoms with Crippen molar-refractivity contribution in [3.63, 3.8) is 0 Å². The number of methoxy groups -OCH3 is 1. The van der Waals surface area contributed by atoms with Crippen LogP contribution in [0.15, 0.2) is 23.1 Å². The van der Waals surface area contributed by atoms with Crippen molar-refractivity contribution in [2.24, 2.45) is 5.92 Å². The lowest BCUT2D eigenvalue weighted by Crippen LogP contribution is -2.38. The number of nitrogens with zero attached hydrogens (tertiary/aromatic N) is 2. The summed E-state index contributed by atoms with van der Waals surface area (Å²) >= 11 is 6.79. The minimum Gasteiger partial charge on any atom is -0.493 e. The van der Waals surface area contributed by atoms with E-state index in [2.05, 4.69) is 6.92 Å². The third-order valence-corrected chi connectivity index (χ3v) is 8.49. The van der Waals surface area contributed by atoms with Gasteiger partial charge in [-0.2, -0.15) is 0 Å². The minimum atomic E-state index is -0.0965. The van der Waals surface area contributed by atoms with E-state index in [0.29, 0.717) is 40.3 Å². The number of ether oxygens (including phenoxy) is 2. The third-order valence-electron chi connectivity index (χ3n) is 7.11. The Balaban J connectivity index is 1.33. The zero-order chi connectivity index (χ0) is 24.8. The molecule has 1 aromatic rings. The smallest absolute Gasteiger partial charge is 0.266 e. The molecule has 3 fully saturated rings. The molecule has 1 aliphatic carbocycles. The molecule has 190 valence electrons. The fraction of sp³-hybridized carbons (Fsp3) is 0.593. The minimum absolute atomic E-state index is 0.0965. The Kier molecular flexibility index (Phi) is 9.11. The van der Waals surface area contributed by atoms with E-state index in [9.17, 15) is 9.59 Å². The second-order valence-electron chi connectivity index (χ2n) is 9.79. The summed E-state index contributed by atoms with van der Waals surface area (Å²) in [4.78, 5) is 29.7. The van der Waals surface area contributed by atoms with Crippen molar-refractivity contribution < 1.29 is 19.1 Å². The van der Waals surface area contributed by atoms with Gasteiger partial charge in [0.2, 0.25) is 5.91 Å². The average molecular weight is 517 g/mol. The molecule has 2 saturated heterocycles. The summed E-state index contributed by atoms with van der Waals surface area (Å²) in [6, 6.07) is 5.78. The normalized spacial score (nSPS) is 21.1. The molecule has 8 heteroatoms.